The lowest BCUT2D eigenvalue weighted by Crippen LogP contribution is -2.60. The second kappa shape index (κ2) is 9.66. The first-order chi connectivity index (χ1) is 14.6. The minimum Gasteiger partial charge on any atom is -0.348 e. The van der Waals surface area contributed by atoms with Crippen LogP contribution in [-0.2, 0) is 16.0 Å². The Labute approximate surface area is 179 Å². The van der Waals surface area contributed by atoms with Gasteiger partial charge < -0.3 is 24.3 Å². The Kier molecular flexibility index (Phi) is 6.95. The van der Waals surface area contributed by atoms with Crippen molar-refractivity contribution in [2.75, 3.05) is 39.9 Å². The summed E-state index contributed by atoms with van der Waals surface area (Å²) in [6.45, 7) is 7.28. The third-order valence-electron chi connectivity index (χ3n) is 6.92. The van der Waals surface area contributed by atoms with Crippen LogP contribution < -0.4 is 5.32 Å². The summed E-state index contributed by atoms with van der Waals surface area (Å²) in [5.74, 6) is 0.142. The van der Waals surface area contributed by atoms with Crippen molar-refractivity contribution in [3.05, 3.63) is 18.7 Å². The number of piperidine rings is 1. The van der Waals surface area contributed by atoms with Gasteiger partial charge in [-0.1, -0.05) is 6.92 Å². The van der Waals surface area contributed by atoms with E-state index in [1.165, 1.54) is 0 Å². The molecular weight excluding hydrogens is 382 g/mol. The van der Waals surface area contributed by atoms with Gasteiger partial charge in [-0.15, -0.1) is 0 Å². The number of nitrogens with one attached hydrogen (secondary N) is 1. The van der Waals surface area contributed by atoms with E-state index in [1.54, 1.807) is 11.1 Å². The molecule has 1 aliphatic carbocycles. The summed E-state index contributed by atoms with van der Waals surface area (Å²) in [6, 6.07) is 0.793. The molecule has 1 aromatic rings. The third kappa shape index (κ3) is 4.98. The number of urea groups is 1. The lowest BCUT2D eigenvalue weighted by Gasteiger charge is -2.51. The number of hydrogen-bond acceptors (Lipinski definition) is 5. The lowest BCUT2D eigenvalue weighted by molar-refractivity contribution is -0.201. The number of imidazole rings is 1. The van der Waals surface area contributed by atoms with Gasteiger partial charge in [0.1, 0.15) is 0 Å². The molecule has 0 bridgehead atoms. The first kappa shape index (κ1) is 21.6. The molecule has 3 fully saturated rings. The maximum atomic E-state index is 12.8. The molecule has 30 heavy (non-hydrogen) atoms. The number of rotatable bonds is 7. The standard InChI is InChI=1S/C22H37N5O3/c1-3-8-27-16-19(14-18-15-22(6-5-20(18)27)29-12-13-30-22)24-21(28)25(2)9-4-10-26-11-7-23-17-26/h7,11,17-20H,3-6,8-10,12-16H2,1-2H3,(H,24,28)/t18-,19+,20-/m1/s1. The van der Waals surface area contributed by atoms with Crippen LogP contribution in [0.2, 0.25) is 0 Å². The first-order valence-corrected chi connectivity index (χ1v) is 11.6. The number of fused-ring (bicyclic) bond motifs is 1. The summed E-state index contributed by atoms with van der Waals surface area (Å²) in [7, 11) is 1.88. The highest BCUT2D eigenvalue weighted by Crippen LogP contribution is 2.44. The van der Waals surface area contributed by atoms with Crippen molar-refractivity contribution in [1.82, 2.24) is 24.7 Å². The molecule has 1 N–H and O–H groups in total. The fraction of sp³-hybridized carbons (Fsp3) is 0.818. The van der Waals surface area contributed by atoms with E-state index >= 15 is 0 Å². The van der Waals surface area contributed by atoms with Crippen LogP contribution >= 0.6 is 0 Å². The Bertz CT molecular complexity index is 676. The number of aryl methyl sites for hydroxylation is 1. The molecule has 2 amide bonds. The van der Waals surface area contributed by atoms with Crippen molar-refractivity contribution in [3.8, 4) is 0 Å². The van der Waals surface area contributed by atoms with Crippen LogP contribution in [0.5, 0.6) is 0 Å². The van der Waals surface area contributed by atoms with E-state index in [2.05, 4.69) is 22.1 Å². The summed E-state index contributed by atoms with van der Waals surface area (Å²) in [5.41, 5.74) is 0. The molecule has 8 heteroatoms. The van der Waals surface area contributed by atoms with E-state index in [4.69, 9.17) is 9.47 Å². The van der Waals surface area contributed by atoms with Crippen molar-refractivity contribution >= 4 is 6.03 Å². The molecule has 0 aromatic carbocycles. The number of aromatic nitrogens is 2. The predicted molar refractivity (Wildman–Crippen MR) is 114 cm³/mol. The Morgan fingerprint density at radius 2 is 2.17 bits per heavy atom. The average Bonchev–Trinajstić information content (AvgIpc) is 3.40. The number of nitrogens with zero attached hydrogens (tertiary/aromatic N) is 4. The molecule has 2 aliphatic heterocycles. The zero-order chi connectivity index (χ0) is 21.0. The fourth-order valence-electron chi connectivity index (χ4n) is 5.52. The number of carbonyl (C=O) groups excluding carboxylic acids is 1. The number of carbonyl (C=O) groups is 1. The molecule has 1 spiro atoms. The highest BCUT2D eigenvalue weighted by atomic mass is 16.7. The Hall–Kier alpha value is -1.64. The van der Waals surface area contributed by atoms with E-state index in [0.29, 0.717) is 25.2 Å². The maximum Gasteiger partial charge on any atom is 0.317 e. The van der Waals surface area contributed by atoms with Gasteiger partial charge in [-0.3, -0.25) is 4.90 Å². The van der Waals surface area contributed by atoms with E-state index < -0.39 is 0 Å². The molecule has 1 aromatic heterocycles. The van der Waals surface area contributed by atoms with Gasteiger partial charge in [0.15, 0.2) is 5.79 Å². The van der Waals surface area contributed by atoms with Crippen LogP contribution in [0.3, 0.4) is 0 Å². The van der Waals surface area contributed by atoms with Gasteiger partial charge in [-0.25, -0.2) is 9.78 Å². The number of likely N-dealkylation sites (tertiary alicyclic amines) is 1. The molecule has 3 atom stereocenters. The monoisotopic (exact) mass is 419 g/mol. The van der Waals surface area contributed by atoms with E-state index in [-0.39, 0.29) is 17.9 Å². The van der Waals surface area contributed by atoms with Gasteiger partial charge in [-0.05, 0) is 38.1 Å². The van der Waals surface area contributed by atoms with Crippen molar-refractivity contribution in [2.45, 2.75) is 69.9 Å². The molecule has 3 aliphatic rings. The van der Waals surface area contributed by atoms with Crippen molar-refractivity contribution < 1.29 is 14.3 Å². The van der Waals surface area contributed by atoms with Crippen LogP contribution in [0.4, 0.5) is 4.79 Å². The molecule has 4 rings (SSSR count). The molecule has 8 nitrogen and oxygen atoms in total. The minimum absolute atomic E-state index is 0.0272. The number of hydrogen-bond donors (Lipinski definition) is 1. The molecule has 2 saturated heterocycles. The summed E-state index contributed by atoms with van der Waals surface area (Å²) in [5, 5.41) is 3.31. The summed E-state index contributed by atoms with van der Waals surface area (Å²) in [6.07, 6.45) is 11.7. The predicted octanol–water partition coefficient (Wildman–Crippen LogP) is 2.31. The highest BCUT2D eigenvalue weighted by molar-refractivity contribution is 5.74. The SMILES string of the molecule is CCCN1C[C@@H](NC(=O)N(C)CCCn2ccnc2)C[C@@H]2CC3(CC[C@H]21)OCCO3. The van der Waals surface area contributed by atoms with E-state index in [0.717, 1.165) is 64.7 Å². The highest BCUT2D eigenvalue weighted by Gasteiger charge is 2.49. The van der Waals surface area contributed by atoms with Crippen LogP contribution in [0, 0.1) is 5.92 Å². The summed E-state index contributed by atoms with van der Waals surface area (Å²) in [4.78, 5) is 21.3. The summed E-state index contributed by atoms with van der Waals surface area (Å²) < 4.78 is 14.1. The average molecular weight is 420 g/mol. The van der Waals surface area contributed by atoms with Gasteiger partial charge in [0.25, 0.3) is 0 Å². The van der Waals surface area contributed by atoms with Crippen LogP contribution in [-0.4, -0.2) is 83.1 Å². The van der Waals surface area contributed by atoms with Crippen LogP contribution in [0.25, 0.3) is 0 Å². The molecule has 0 unspecified atom stereocenters. The molecule has 168 valence electrons. The minimum atomic E-state index is -0.366. The topological polar surface area (TPSA) is 71.9 Å². The molecular formula is C22H37N5O3. The Balaban J connectivity index is 1.30. The Morgan fingerprint density at radius 3 is 2.90 bits per heavy atom. The second-order valence-electron chi connectivity index (χ2n) is 9.13. The third-order valence-corrected chi connectivity index (χ3v) is 6.92. The quantitative estimate of drug-likeness (QED) is 0.734. The van der Waals surface area contributed by atoms with E-state index in [9.17, 15) is 4.79 Å². The van der Waals surface area contributed by atoms with Gasteiger partial charge in [-0.2, -0.15) is 0 Å². The van der Waals surface area contributed by atoms with Gasteiger partial charge in [0.05, 0.1) is 19.5 Å². The van der Waals surface area contributed by atoms with E-state index in [1.807, 2.05) is 24.1 Å². The molecule has 3 heterocycles. The fourth-order valence-corrected chi connectivity index (χ4v) is 5.52. The normalized spacial score (nSPS) is 28.4. The van der Waals surface area contributed by atoms with Gasteiger partial charge in [0, 0.05) is 64.0 Å². The molecule has 0 radical (unpaired) electrons. The largest absolute Gasteiger partial charge is 0.348 e. The van der Waals surface area contributed by atoms with Crippen molar-refractivity contribution in [2.24, 2.45) is 5.92 Å². The number of amides is 2. The Morgan fingerprint density at radius 1 is 1.33 bits per heavy atom. The maximum absolute atomic E-state index is 12.8. The van der Waals surface area contributed by atoms with Gasteiger partial charge in [0.2, 0.25) is 0 Å². The zero-order valence-corrected chi connectivity index (χ0v) is 18.5. The lowest BCUT2D eigenvalue weighted by atomic mass is 9.74. The first-order valence-electron chi connectivity index (χ1n) is 11.6. The summed E-state index contributed by atoms with van der Waals surface area (Å²) >= 11 is 0. The van der Waals surface area contributed by atoms with Crippen LogP contribution in [0.1, 0.15) is 45.4 Å². The van der Waals surface area contributed by atoms with Crippen LogP contribution in [0.15, 0.2) is 18.7 Å². The second-order valence-corrected chi connectivity index (χ2v) is 9.13. The number of ether oxygens (including phenoxy) is 2. The van der Waals surface area contributed by atoms with Crippen molar-refractivity contribution in [1.29, 1.82) is 0 Å². The zero-order valence-electron chi connectivity index (χ0n) is 18.5. The molecule has 1 saturated carbocycles. The smallest absolute Gasteiger partial charge is 0.317 e. The van der Waals surface area contributed by atoms with Gasteiger partial charge >= 0.3 is 6.03 Å². The van der Waals surface area contributed by atoms with Crippen molar-refractivity contribution in [3.63, 3.8) is 0 Å².